The third-order valence-electron chi connectivity index (χ3n) is 5.32. The fraction of sp³-hybridized carbons (Fsp3) is 0.450. The molecule has 1 unspecified atom stereocenters. The van der Waals surface area contributed by atoms with Gasteiger partial charge in [-0.15, -0.1) is 11.3 Å². The number of hydrogen-bond donors (Lipinski definition) is 5. The third kappa shape index (κ3) is 5.69. The number of fused-ring (bicyclic) bond motifs is 1. The molecular weight excluding hydrogens is 422 g/mol. The molecule has 0 fully saturated rings. The molecule has 2 aromatic rings. The number of aliphatic carboxylic acids is 2. The molecule has 7 N–H and O–H groups in total. The number of hydrogen-bond acceptors (Lipinski definition) is 8. The smallest absolute Gasteiger partial charge is 0.326 e. The first kappa shape index (κ1) is 22.5. The van der Waals surface area contributed by atoms with E-state index in [0.29, 0.717) is 16.6 Å². The number of anilines is 2. The first-order valence-corrected chi connectivity index (χ1v) is 10.8. The Hall–Kier alpha value is -3.21. The van der Waals surface area contributed by atoms with Crippen molar-refractivity contribution >= 4 is 40.9 Å². The van der Waals surface area contributed by atoms with Gasteiger partial charge >= 0.3 is 11.9 Å². The van der Waals surface area contributed by atoms with Gasteiger partial charge in [0.15, 0.2) is 0 Å². The van der Waals surface area contributed by atoms with Crippen molar-refractivity contribution in [1.29, 1.82) is 0 Å². The molecule has 11 heteroatoms. The normalized spacial score (nSPS) is 15.9. The van der Waals surface area contributed by atoms with Gasteiger partial charge in [-0.05, 0) is 56.6 Å². The van der Waals surface area contributed by atoms with E-state index in [1.165, 1.54) is 11.3 Å². The molecule has 166 valence electrons. The van der Waals surface area contributed by atoms with Crippen molar-refractivity contribution in [3.8, 4) is 0 Å². The fourth-order valence-electron chi connectivity index (χ4n) is 3.85. The standard InChI is InChI=1S/C20H25N5O5S/c21-17-16-10(4-6-12(16)24-20(22)25-17)2-1-3-11-5-8-14(31-11)18(28)23-13(19(29)30)7-9-15(26)27/h5,8,10,13H,1-4,6-7,9H2,(H,23,28)(H,26,27)(H,29,30)(H4,21,22,24,25)/t10?,13-/m0/s1. The number of nitrogens with zero attached hydrogens (tertiary/aromatic N) is 2. The van der Waals surface area contributed by atoms with Gasteiger partial charge in [0.25, 0.3) is 5.91 Å². The van der Waals surface area contributed by atoms with Gasteiger partial charge in [-0.3, -0.25) is 9.59 Å². The number of nitrogens with two attached hydrogens (primary N) is 2. The molecule has 3 rings (SSSR count). The zero-order valence-electron chi connectivity index (χ0n) is 16.8. The van der Waals surface area contributed by atoms with E-state index in [-0.39, 0.29) is 18.8 Å². The summed E-state index contributed by atoms with van der Waals surface area (Å²) in [4.78, 5) is 44.0. The van der Waals surface area contributed by atoms with E-state index in [1.807, 2.05) is 6.07 Å². The number of nitrogens with one attached hydrogen (secondary N) is 1. The Morgan fingerprint density at radius 2 is 2.00 bits per heavy atom. The monoisotopic (exact) mass is 447 g/mol. The number of carbonyl (C=O) groups is 3. The molecule has 2 heterocycles. The van der Waals surface area contributed by atoms with Crippen LogP contribution in [0.2, 0.25) is 0 Å². The molecule has 1 amide bonds. The predicted octanol–water partition coefficient (Wildman–Crippen LogP) is 1.80. The minimum atomic E-state index is -1.26. The molecule has 0 aliphatic heterocycles. The highest BCUT2D eigenvalue weighted by molar-refractivity contribution is 7.14. The van der Waals surface area contributed by atoms with Crippen LogP contribution in [0.4, 0.5) is 11.8 Å². The van der Waals surface area contributed by atoms with Crippen LogP contribution in [0.5, 0.6) is 0 Å². The number of carbonyl (C=O) groups excluding carboxylic acids is 1. The highest BCUT2D eigenvalue weighted by Crippen LogP contribution is 2.38. The van der Waals surface area contributed by atoms with E-state index >= 15 is 0 Å². The van der Waals surface area contributed by atoms with E-state index in [2.05, 4.69) is 15.3 Å². The van der Waals surface area contributed by atoms with Crippen LogP contribution in [0.25, 0.3) is 0 Å². The van der Waals surface area contributed by atoms with Crippen LogP contribution in [-0.4, -0.2) is 44.1 Å². The van der Waals surface area contributed by atoms with Gasteiger partial charge in [0.1, 0.15) is 11.9 Å². The van der Waals surface area contributed by atoms with Crippen molar-refractivity contribution < 1.29 is 24.6 Å². The SMILES string of the molecule is Nc1nc(N)c2c(n1)CCC2CCCc1ccc(C(=O)N[C@@H](CCC(=O)O)C(=O)O)s1. The van der Waals surface area contributed by atoms with E-state index in [9.17, 15) is 19.5 Å². The number of amides is 1. The van der Waals surface area contributed by atoms with Crippen molar-refractivity contribution in [1.82, 2.24) is 15.3 Å². The molecule has 0 radical (unpaired) electrons. The van der Waals surface area contributed by atoms with Crippen LogP contribution < -0.4 is 16.8 Å². The number of thiophene rings is 1. The molecule has 10 nitrogen and oxygen atoms in total. The minimum absolute atomic E-state index is 0.171. The second kappa shape index (κ2) is 9.73. The maximum absolute atomic E-state index is 12.4. The molecule has 1 aliphatic carbocycles. The quantitative estimate of drug-likeness (QED) is 0.362. The summed E-state index contributed by atoms with van der Waals surface area (Å²) in [7, 11) is 0. The lowest BCUT2D eigenvalue weighted by atomic mass is 9.96. The van der Waals surface area contributed by atoms with Gasteiger partial charge in [0.05, 0.1) is 10.6 Å². The van der Waals surface area contributed by atoms with Crippen LogP contribution in [0, 0.1) is 0 Å². The highest BCUT2D eigenvalue weighted by Gasteiger charge is 2.27. The molecular formula is C20H25N5O5S. The van der Waals surface area contributed by atoms with Crippen molar-refractivity contribution in [3.05, 3.63) is 33.1 Å². The topological polar surface area (TPSA) is 182 Å². The van der Waals surface area contributed by atoms with E-state index in [4.69, 9.17) is 16.6 Å². The molecule has 0 saturated heterocycles. The second-order valence-electron chi connectivity index (χ2n) is 7.52. The van der Waals surface area contributed by atoms with Crippen molar-refractivity contribution in [2.75, 3.05) is 11.5 Å². The molecule has 0 spiro atoms. The summed E-state index contributed by atoms with van der Waals surface area (Å²) in [6.07, 6.45) is 3.89. The number of aryl methyl sites for hydroxylation is 2. The van der Waals surface area contributed by atoms with Gasteiger partial charge < -0.3 is 27.0 Å². The van der Waals surface area contributed by atoms with Gasteiger partial charge in [-0.25, -0.2) is 9.78 Å². The van der Waals surface area contributed by atoms with E-state index < -0.39 is 23.9 Å². The molecule has 0 saturated carbocycles. The lowest BCUT2D eigenvalue weighted by Gasteiger charge is -2.13. The zero-order chi connectivity index (χ0) is 22.5. The van der Waals surface area contributed by atoms with Crippen molar-refractivity contribution in [3.63, 3.8) is 0 Å². The maximum atomic E-state index is 12.4. The van der Waals surface area contributed by atoms with E-state index in [0.717, 1.165) is 48.2 Å². The predicted molar refractivity (Wildman–Crippen MR) is 115 cm³/mol. The summed E-state index contributed by atoms with van der Waals surface area (Å²) in [5.74, 6) is -1.93. The molecule has 0 bridgehead atoms. The summed E-state index contributed by atoms with van der Waals surface area (Å²) in [5.41, 5.74) is 13.6. The Morgan fingerprint density at radius 1 is 1.23 bits per heavy atom. The Balaban J connectivity index is 1.52. The third-order valence-corrected chi connectivity index (χ3v) is 6.46. The van der Waals surface area contributed by atoms with Gasteiger partial charge in [0, 0.05) is 16.9 Å². The first-order valence-electron chi connectivity index (χ1n) is 10.0. The fourth-order valence-corrected chi connectivity index (χ4v) is 4.80. The van der Waals surface area contributed by atoms with Crippen LogP contribution in [0.15, 0.2) is 12.1 Å². The van der Waals surface area contributed by atoms with Gasteiger partial charge in [-0.2, -0.15) is 4.98 Å². The zero-order valence-corrected chi connectivity index (χ0v) is 17.7. The van der Waals surface area contributed by atoms with Crippen LogP contribution in [0.1, 0.15) is 63.8 Å². The summed E-state index contributed by atoms with van der Waals surface area (Å²) < 4.78 is 0. The average Bonchev–Trinajstić information content (AvgIpc) is 3.32. The Morgan fingerprint density at radius 3 is 2.71 bits per heavy atom. The summed E-state index contributed by atoms with van der Waals surface area (Å²) in [6, 6.07) is 2.27. The van der Waals surface area contributed by atoms with Crippen LogP contribution >= 0.6 is 11.3 Å². The minimum Gasteiger partial charge on any atom is -0.481 e. The second-order valence-corrected chi connectivity index (χ2v) is 8.69. The number of rotatable bonds is 10. The van der Waals surface area contributed by atoms with Crippen LogP contribution in [-0.2, 0) is 22.4 Å². The highest BCUT2D eigenvalue weighted by atomic mass is 32.1. The van der Waals surface area contributed by atoms with Gasteiger partial charge in [0.2, 0.25) is 5.95 Å². The molecule has 2 aromatic heterocycles. The van der Waals surface area contributed by atoms with Gasteiger partial charge in [-0.1, -0.05) is 0 Å². The number of aromatic nitrogens is 2. The summed E-state index contributed by atoms with van der Waals surface area (Å²) in [5, 5.41) is 20.3. The Labute approximate surface area is 182 Å². The average molecular weight is 448 g/mol. The lowest BCUT2D eigenvalue weighted by Crippen LogP contribution is -2.40. The maximum Gasteiger partial charge on any atom is 0.326 e. The molecule has 2 atom stereocenters. The molecule has 1 aliphatic rings. The largest absolute Gasteiger partial charge is 0.481 e. The summed E-state index contributed by atoms with van der Waals surface area (Å²) in [6.45, 7) is 0. The Kier molecular flexibility index (Phi) is 7.06. The molecule has 0 aromatic carbocycles. The molecule has 31 heavy (non-hydrogen) atoms. The van der Waals surface area contributed by atoms with Crippen LogP contribution in [0.3, 0.4) is 0 Å². The number of carboxylic acids is 2. The van der Waals surface area contributed by atoms with Crippen molar-refractivity contribution in [2.45, 2.75) is 56.9 Å². The van der Waals surface area contributed by atoms with E-state index in [1.54, 1.807) is 6.07 Å². The lowest BCUT2D eigenvalue weighted by molar-refractivity contribution is -0.140. The number of carboxylic acid groups (broad SMARTS) is 2. The first-order chi connectivity index (χ1) is 14.7. The summed E-state index contributed by atoms with van der Waals surface area (Å²) >= 11 is 1.31. The van der Waals surface area contributed by atoms with Crippen molar-refractivity contribution in [2.24, 2.45) is 0 Å². The Bertz CT molecular complexity index is 992. The number of nitrogen functional groups attached to an aromatic ring is 2.